The zero-order chi connectivity index (χ0) is 24.6. The van der Waals surface area contributed by atoms with E-state index < -0.39 is 22.9 Å². The molecule has 0 saturated heterocycles. The van der Waals surface area contributed by atoms with Crippen molar-refractivity contribution < 1.29 is 32.5 Å². The van der Waals surface area contributed by atoms with Crippen molar-refractivity contribution in [3.63, 3.8) is 0 Å². The molecule has 0 amide bonds. The molecule has 1 atom stereocenters. The number of nitrogen functional groups attached to an aromatic ring is 1. The molecule has 0 aliphatic rings. The number of hydrogen-bond donors (Lipinski definition) is 2. The topological polar surface area (TPSA) is 131 Å². The van der Waals surface area contributed by atoms with Crippen LogP contribution in [-0.4, -0.2) is 47.7 Å². The van der Waals surface area contributed by atoms with Crippen molar-refractivity contribution in [2.24, 2.45) is 0 Å². The van der Waals surface area contributed by atoms with Gasteiger partial charge in [0.1, 0.15) is 12.2 Å². The van der Waals surface area contributed by atoms with Crippen LogP contribution in [0.1, 0.15) is 37.9 Å². The minimum atomic E-state index is -4.59. The number of nitrogens with one attached hydrogen (secondary N) is 1. The average molecular weight is 472 g/mol. The largest absolute Gasteiger partial charge is 0.629 e. The van der Waals surface area contributed by atoms with Gasteiger partial charge in [-0.3, -0.25) is 9.78 Å². The summed E-state index contributed by atoms with van der Waals surface area (Å²) in [7, 11) is 1.26. The molecule has 0 aliphatic heterocycles. The molecule has 182 valence electrons. The predicted molar refractivity (Wildman–Crippen MR) is 114 cm³/mol. The van der Waals surface area contributed by atoms with Gasteiger partial charge < -0.3 is 30.4 Å². The quantitative estimate of drug-likeness (QED) is 0.286. The second kappa shape index (κ2) is 11.6. The van der Waals surface area contributed by atoms with Gasteiger partial charge in [0.15, 0.2) is 5.82 Å². The number of hydroxylamine groups is 1. The molecule has 0 radical (unpaired) electrons. The Kier molecular flexibility index (Phi) is 9.17. The number of ether oxygens (including phenoxy) is 2. The Bertz CT molecular complexity index is 925. The smallest absolute Gasteiger partial charge is 0.433 e. The minimum Gasteiger partial charge on any atom is -0.629 e. The molecule has 2 heterocycles. The molecular formula is C20H27F3N6O4. The molecule has 0 saturated carbocycles. The normalized spacial score (nSPS) is 12.3. The minimum absolute atomic E-state index is 0.00875. The zero-order valence-corrected chi connectivity index (χ0v) is 18.6. The van der Waals surface area contributed by atoms with E-state index in [9.17, 15) is 23.2 Å². The van der Waals surface area contributed by atoms with E-state index in [-0.39, 0.29) is 43.0 Å². The van der Waals surface area contributed by atoms with Gasteiger partial charge in [-0.05, 0) is 25.0 Å². The van der Waals surface area contributed by atoms with Crippen LogP contribution in [-0.2, 0) is 22.3 Å². The van der Waals surface area contributed by atoms with Gasteiger partial charge in [-0.25, -0.2) is 0 Å². The highest BCUT2D eigenvalue weighted by molar-refractivity contribution is 5.78. The summed E-state index contributed by atoms with van der Waals surface area (Å²) < 4.78 is 49.1. The van der Waals surface area contributed by atoms with Crippen LogP contribution in [0.15, 0.2) is 18.3 Å². The summed E-state index contributed by atoms with van der Waals surface area (Å²) in [6.45, 7) is 3.59. The second-order valence-corrected chi connectivity index (χ2v) is 7.06. The first-order chi connectivity index (χ1) is 15.6. The summed E-state index contributed by atoms with van der Waals surface area (Å²) in [4.78, 5) is 25.3. The summed E-state index contributed by atoms with van der Waals surface area (Å²) in [5.41, 5.74) is 5.23. The van der Waals surface area contributed by atoms with Crippen LogP contribution in [0.3, 0.4) is 0 Å². The molecule has 2 rings (SSSR count). The summed E-state index contributed by atoms with van der Waals surface area (Å²) >= 11 is 0. The molecule has 0 aliphatic carbocycles. The Labute approximate surface area is 189 Å². The van der Waals surface area contributed by atoms with Gasteiger partial charge in [0, 0.05) is 12.7 Å². The van der Waals surface area contributed by atoms with Crippen molar-refractivity contribution in [2.45, 2.75) is 39.4 Å². The molecule has 13 heteroatoms. The number of unbranched alkanes of at least 4 members (excludes halogenated alkanes) is 1. The van der Waals surface area contributed by atoms with Crippen LogP contribution in [0.5, 0.6) is 6.01 Å². The fraction of sp³-hybridized carbons (Fsp3) is 0.500. The van der Waals surface area contributed by atoms with Crippen LogP contribution >= 0.6 is 0 Å². The van der Waals surface area contributed by atoms with Crippen molar-refractivity contribution in [1.29, 1.82) is 0 Å². The van der Waals surface area contributed by atoms with Crippen LogP contribution < -0.4 is 20.4 Å². The van der Waals surface area contributed by atoms with Crippen molar-refractivity contribution in [2.75, 3.05) is 37.4 Å². The van der Waals surface area contributed by atoms with Crippen molar-refractivity contribution in [1.82, 2.24) is 15.0 Å². The van der Waals surface area contributed by atoms with Crippen LogP contribution in [0, 0.1) is 5.21 Å². The number of quaternary nitrogens is 1. The molecule has 0 aromatic carbocycles. The van der Waals surface area contributed by atoms with Gasteiger partial charge in [0.2, 0.25) is 11.5 Å². The number of nitrogens with zero attached hydrogens (tertiary/aromatic N) is 4. The lowest BCUT2D eigenvalue weighted by Crippen LogP contribution is -2.98. The lowest BCUT2D eigenvalue weighted by atomic mass is 10.2. The first-order valence-corrected chi connectivity index (χ1v) is 10.3. The number of nitrogens with two attached hydrogens (primary N) is 1. The molecule has 10 nitrogen and oxygen atoms in total. The van der Waals surface area contributed by atoms with E-state index in [4.69, 9.17) is 15.2 Å². The van der Waals surface area contributed by atoms with Crippen molar-refractivity contribution >= 4 is 23.3 Å². The molecule has 0 fully saturated rings. The SMILES string of the molecule is CCCCOc1nc(N)c([NH+](C)[O-])c(N(CC(=O)OCC)Cc2ccc(C(F)(F)F)nc2)n1. The van der Waals surface area contributed by atoms with E-state index in [2.05, 4.69) is 15.0 Å². The third-order valence-electron chi connectivity index (χ3n) is 4.39. The Morgan fingerprint density at radius 3 is 2.55 bits per heavy atom. The predicted octanol–water partition coefficient (Wildman–Crippen LogP) is 1.87. The molecular weight excluding hydrogens is 445 g/mol. The number of anilines is 2. The molecule has 2 aromatic rings. The van der Waals surface area contributed by atoms with Gasteiger partial charge in [-0.2, -0.15) is 23.1 Å². The molecule has 0 spiro atoms. The van der Waals surface area contributed by atoms with Gasteiger partial charge in [-0.1, -0.05) is 19.4 Å². The Morgan fingerprint density at radius 2 is 2.00 bits per heavy atom. The van der Waals surface area contributed by atoms with Crippen LogP contribution in [0.25, 0.3) is 0 Å². The first-order valence-electron chi connectivity index (χ1n) is 10.3. The summed E-state index contributed by atoms with van der Waals surface area (Å²) in [5.74, 6) is -0.759. The maximum Gasteiger partial charge on any atom is 0.433 e. The summed E-state index contributed by atoms with van der Waals surface area (Å²) in [6, 6.07) is 1.97. The molecule has 33 heavy (non-hydrogen) atoms. The number of esters is 1. The maximum absolute atomic E-state index is 12.8. The summed E-state index contributed by atoms with van der Waals surface area (Å²) in [6.07, 6.45) is -1.95. The fourth-order valence-corrected chi connectivity index (χ4v) is 2.86. The fourth-order valence-electron chi connectivity index (χ4n) is 2.86. The Morgan fingerprint density at radius 1 is 1.27 bits per heavy atom. The molecule has 1 unspecified atom stereocenters. The van der Waals surface area contributed by atoms with Gasteiger partial charge >= 0.3 is 18.2 Å². The van der Waals surface area contributed by atoms with E-state index in [0.29, 0.717) is 12.2 Å². The third-order valence-corrected chi connectivity index (χ3v) is 4.39. The number of aromatic nitrogens is 3. The average Bonchev–Trinajstić information content (AvgIpc) is 2.72. The number of carbonyl (C=O) groups is 1. The number of hydrogen-bond acceptors (Lipinski definition) is 9. The lowest BCUT2D eigenvalue weighted by molar-refractivity contribution is -0.750. The Hall–Kier alpha value is -3.19. The maximum atomic E-state index is 12.8. The van der Waals surface area contributed by atoms with E-state index in [1.165, 1.54) is 18.0 Å². The lowest BCUT2D eigenvalue weighted by Gasteiger charge is -2.28. The highest BCUT2D eigenvalue weighted by Crippen LogP contribution is 2.30. The molecule has 0 bridgehead atoms. The van der Waals surface area contributed by atoms with Gasteiger partial charge in [-0.15, -0.1) is 0 Å². The van der Waals surface area contributed by atoms with E-state index in [1.807, 2.05) is 6.92 Å². The number of rotatable bonds is 11. The second-order valence-electron chi connectivity index (χ2n) is 7.06. The summed E-state index contributed by atoms with van der Waals surface area (Å²) in [5, 5.41) is 11.8. The monoisotopic (exact) mass is 472 g/mol. The van der Waals surface area contributed by atoms with Crippen LogP contribution in [0.4, 0.5) is 30.5 Å². The number of halogens is 3. The standard InChI is InChI=1S/C20H27F3N6O4/c1-4-6-9-33-19-26-17(24)16(28(3)31)18(27-19)29(12-15(30)32-5-2)11-13-7-8-14(25-10-13)20(21,22)23/h7-8,10,28H,4-6,9,11-12H2,1-3H3,(H2,24,26,27). The van der Waals surface area contributed by atoms with E-state index >= 15 is 0 Å². The zero-order valence-electron chi connectivity index (χ0n) is 18.6. The Balaban J connectivity index is 2.47. The molecule has 2 aromatic heterocycles. The van der Waals surface area contributed by atoms with E-state index in [0.717, 1.165) is 25.1 Å². The third kappa shape index (κ3) is 7.43. The van der Waals surface area contributed by atoms with Crippen LogP contribution in [0.2, 0.25) is 0 Å². The van der Waals surface area contributed by atoms with Crippen molar-refractivity contribution in [3.8, 4) is 6.01 Å². The van der Waals surface area contributed by atoms with E-state index in [1.54, 1.807) is 6.92 Å². The number of pyridine rings is 1. The highest BCUT2D eigenvalue weighted by Gasteiger charge is 2.32. The van der Waals surface area contributed by atoms with Gasteiger partial charge in [0.05, 0.1) is 20.3 Å². The molecule has 3 N–H and O–H groups in total. The highest BCUT2D eigenvalue weighted by atomic mass is 19.4. The van der Waals surface area contributed by atoms with Gasteiger partial charge in [0.25, 0.3) is 0 Å². The van der Waals surface area contributed by atoms with Crippen molar-refractivity contribution in [3.05, 3.63) is 34.8 Å². The first kappa shape index (κ1) is 26.1. The number of carbonyl (C=O) groups excluding carboxylic acids is 1. The number of alkyl halides is 3.